The van der Waals surface area contributed by atoms with Crippen LogP contribution in [0.4, 0.5) is 0 Å². The van der Waals surface area contributed by atoms with Gasteiger partial charge in [-0.2, -0.15) is 0 Å². The SMILES string of the molecule is N[C@@H]1[C@H](O)[C@@H](N)[C@@H](OCc2ccccc2)O[C@@H]1CO. The maximum atomic E-state index is 9.89. The van der Waals surface area contributed by atoms with E-state index in [-0.39, 0.29) is 6.61 Å². The summed E-state index contributed by atoms with van der Waals surface area (Å²) in [6.07, 6.45) is -2.42. The van der Waals surface area contributed by atoms with Crippen LogP contribution in [0.3, 0.4) is 0 Å². The van der Waals surface area contributed by atoms with E-state index in [2.05, 4.69) is 0 Å². The second-order valence-corrected chi connectivity index (χ2v) is 4.67. The molecule has 6 nitrogen and oxygen atoms in total. The first-order valence-corrected chi connectivity index (χ1v) is 6.24. The molecule has 6 heteroatoms. The Balaban J connectivity index is 1.95. The number of aliphatic hydroxyl groups is 2. The Labute approximate surface area is 111 Å². The second-order valence-electron chi connectivity index (χ2n) is 4.67. The molecule has 5 atom stereocenters. The van der Waals surface area contributed by atoms with Gasteiger partial charge in [-0.3, -0.25) is 0 Å². The summed E-state index contributed by atoms with van der Waals surface area (Å²) in [4.78, 5) is 0. The standard InChI is InChI=1S/C13H20N2O4/c14-10-9(6-16)19-13(11(15)12(10)17)18-7-8-4-2-1-3-5-8/h1-5,9-13,16-17H,6-7,14-15H2/t9-,10+,11-,12+,13+/m1/s1. The molecule has 0 spiro atoms. The van der Waals surface area contributed by atoms with Crippen molar-refractivity contribution < 1.29 is 19.7 Å². The molecule has 0 bridgehead atoms. The van der Waals surface area contributed by atoms with Crippen LogP contribution < -0.4 is 11.5 Å². The first-order valence-electron chi connectivity index (χ1n) is 6.24. The Morgan fingerprint density at radius 1 is 1.16 bits per heavy atom. The molecule has 1 fully saturated rings. The zero-order valence-corrected chi connectivity index (χ0v) is 10.6. The van der Waals surface area contributed by atoms with Crippen molar-refractivity contribution in [2.75, 3.05) is 6.61 Å². The number of aliphatic hydroxyl groups excluding tert-OH is 2. The fraction of sp³-hybridized carbons (Fsp3) is 0.538. The highest BCUT2D eigenvalue weighted by Crippen LogP contribution is 2.20. The lowest BCUT2D eigenvalue weighted by Crippen LogP contribution is -2.65. The van der Waals surface area contributed by atoms with Gasteiger partial charge in [0.15, 0.2) is 6.29 Å². The summed E-state index contributed by atoms with van der Waals surface area (Å²) < 4.78 is 11.0. The zero-order valence-electron chi connectivity index (χ0n) is 10.6. The van der Waals surface area contributed by atoms with Crippen molar-refractivity contribution in [1.29, 1.82) is 0 Å². The van der Waals surface area contributed by atoms with E-state index < -0.39 is 30.6 Å². The van der Waals surface area contributed by atoms with Crippen LogP contribution in [-0.4, -0.2) is 47.4 Å². The van der Waals surface area contributed by atoms with Gasteiger partial charge in [0.2, 0.25) is 0 Å². The molecule has 1 aromatic carbocycles. The first-order chi connectivity index (χ1) is 9.13. The summed E-state index contributed by atoms with van der Waals surface area (Å²) >= 11 is 0. The molecule has 19 heavy (non-hydrogen) atoms. The van der Waals surface area contributed by atoms with E-state index in [0.717, 1.165) is 5.56 Å². The van der Waals surface area contributed by atoms with Gasteiger partial charge in [0, 0.05) is 0 Å². The van der Waals surface area contributed by atoms with Crippen LogP contribution in [-0.2, 0) is 16.1 Å². The molecular weight excluding hydrogens is 248 g/mol. The predicted octanol–water partition coefficient (Wildman–Crippen LogP) is -1.06. The smallest absolute Gasteiger partial charge is 0.176 e. The maximum Gasteiger partial charge on any atom is 0.176 e. The van der Waals surface area contributed by atoms with E-state index in [1.165, 1.54) is 0 Å². The van der Waals surface area contributed by atoms with E-state index in [1.54, 1.807) is 0 Å². The number of benzene rings is 1. The lowest BCUT2D eigenvalue weighted by Gasteiger charge is -2.41. The minimum Gasteiger partial charge on any atom is -0.394 e. The minimum atomic E-state index is -0.966. The molecule has 0 saturated carbocycles. The molecule has 1 aromatic rings. The predicted molar refractivity (Wildman–Crippen MR) is 68.9 cm³/mol. The third kappa shape index (κ3) is 3.30. The first kappa shape index (κ1) is 14.4. The topological polar surface area (TPSA) is 111 Å². The molecule has 1 aliphatic rings. The van der Waals surface area contributed by atoms with Gasteiger partial charge < -0.3 is 31.2 Å². The molecule has 1 saturated heterocycles. The molecule has 0 unspecified atom stereocenters. The Morgan fingerprint density at radius 2 is 1.84 bits per heavy atom. The number of ether oxygens (including phenoxy) is 2. The zero-order chi connectivity index (χ0) is 13.8. The fourth-order valence-corrected chi connectivity index (χ4v) is 2.06. The Morgan fingerprint density at radius 3 is 2.47 bits per heavy atom. The Kier molecular flexibility index (Phi) is 4.87. The fourth-order valence-electron chi connectivity index (χ4n) is 2.06. The molecule has 6 N–H and O–H groups in total. The summed E-state index contributed by atoms with van der Waals surface area (Å²) in [6, 6.07) is 8.11. The van der Waals surface area contributed by atoms with Crippen molar-refractivity contribution in [3.05, 3.63) is 35.9 Å². The van der Waals surface area contributed by atoms with E-state index in [1.807, 2.05) is 30.3 Å². The summed E-state index contributed by atoms with van der Waals surface area (Å²) in [5.41, 5.74) is 12.5. The Bertz CT molecular complexity index is 387. The van der Waals surface area contributed by atoms with Crippen molar-refractivity contribution in [2.24, 2.45) is 11.5 Å². The van der Waals surface area contributed by atoms with Crippen LogP contribution in [0.25, 0.3) is 0 Å². The lowest BCUT2D eigenvalue weighted by molar-refractivity contribution is -0.242. The summed E-state index contributed by atoms with van der Waals surface area (Å²) in [6.45, 7) is 0.0372. The summed E-state index contributed by atoms with van der Waals surface area (Å²) in [5, 5.41) is 19.1. The molecule has 0 aliphatic carbocycles. The quantitative estimate of drug-likeness (QED) is 0.554. The maximum absolute atomic E-state index is 9.89. The van der Waals surface area contributed by atoms with Gasteiger partial charge >= 0.3 is 0 Å². The van der Waals surface area contributed by atoms with Crippen LogP contribution in [0.1, 0.15) is 5.56 Å². The molecule has 1 heterocycles. The van der Waals surface area contributed by atoms with Crippen LogP contribution in [0, 0.1) is 0 Å². The van der Waals surface area contributed by atoms with Gasteiger partial charge in [-0.05, 0) is 5.56 Å². The molecule has 1 aliphatic heterocycles. The number of nitrogens with two attached hydrogens (primary N) is 2. The number of hydrogen-bond acceptors (Lipinski definition) is 6. The van der Waals surface area contributed by atoms with Crippen molar-refractivity contribution in [2.45, 2.75) is 37.2 Å². The van der Waals surface area contributed by atoms with Crippen molar-refractivity contribution in [3.63, 3.8) is 0 Å². The lowest BCUT2D eigenvalue weighted by atomic mass is 9.96. The summed E-state index contributed by atoms with van der Waals surface area (Å²) in [7, 11) is 0. The van der Waals surface area contributed by atoms with Crippen molar-refractivity contribution in [1.82, 2.24) is 0 Å². The van der Waals surface area contributed by atoms with Gasteiger partial charge in [-0.25, -0.2) is 0 Å². The van der Waals surface area contributed by atoms with Crippen LogP contribution in [0.5, 0.6) is 0 Å². The normalized spacial score (nSPS) is 35.3. The van der Waals surface area contributed by atoms with E-state index >= 15 is 0 Å². The average Bonchev–Trinajstić information content (AvgIpc) is 2.45. The molecule has 0 aromatic heterocycles. The van der Waals surface area contributed by atoms with E-state index in [9.17, 15) is 5.11 Å². The van der Waals surface area contributed by atoms with Gasteiger partial charge in [0.25, 0.3) is 0 Å². The third-order valence-corrected chi connectivity index (χ3v) is 3.28. The van der Waals surface area contributed by atoms with Gasteiger partial charge in [-0.15, -0.1) is 0 Å². The third-order valence-electron chi connectivity index (χ3n) is 3.28. The number of hydrogen-bond donors (Lipinski definition) is 4. The highest BCUT2D eigenvalue weighted by atomic mass is 16.7. The van der Waals surface area contributed by atoms with Crippen LogP contribution in [0.15, 0.2) is 30.3 Å². The number of rotatable bonds is 4. The van der Waals surface area contributed by atoms with Crippen molar-refractivity contribution in [3.8, 4) is 0 Å². The highest BCUT2D eigenvalue weighted by Gasteiger charge is 2.41. The molecule has 2 rings (SSSR count). The minimum absolute atomic E-state index is 0.282. The van der Waals surface area contributed by atoms with Gasteiger partial charge in [0.1, 0.15) is 6.10 Å². The largest absolute Gasteiger partial charge is 0.394 e. The van der Waals surface area contributed by atoms with Crippen molar-refractivity contribution >= 4 is 0 Å². The van der Waals surface area contributed by atoms with Gasteiger partial charge in [-0.1, -0.05) is 30.3 Å². The van der Waals surface area contributed by atoms with E-state index in [4.69, 9.17) is 26.0 Å². The van der Waals surface area contributed by atoms with Gasteiger partial charge in [0.05, 0.1) is 31.4 Å². The van der Waals surface area contributed by atoms with Crippen LogP contribution in [0.2, 0.25) is 0 Å². The molecule has 0 amide bonds. The molecule has 106 valence electrons. The monoisotopic (exact) mass is 268 g/mol. The van der Waals surface area contributed by atoms with E-state index in [0.29, 0.717) is 6.61 Å². The van der Waals surface area contributed by atoms with Crippen LogP contribution >= 0.6 is 0 Å². The second kappa shape index (κ2) is 6.42. The molecular formula is C13H20N2O4. The Hall–Kier alpha value is -1.02. The highest BCUT2D eigenvalue weighted by molar-refractivity contribution is 5.13. The summed E-state index contributed by atoms with van der Waals surface area (Å²) in [5.74, 6) is 0. The average molecular weight is 268 g/mol. The molecule has 0 radical (unpaired) electrons.